The highest BCUT2D eigenvalue weighted by molar-refractivity contribution is 6.36. The highest BCUT2D eigenvalue weighted by Crippen LogP contribution is 2.38. The van der Waals surface area contributed by atoms with Crippen molar-refractivity contribution in [3.63, 3.8) is 0 Å². The van der Waals surface area contributed by atoms with Crippen LogP contribution in [0.15, 0.2) is 55.2 Å². The summed E-state index contributed by atoms with van der Waals surface area (Å²) in [7, 11) is 7.17. The molecule has 0 radical (unpaired) electrons. The lowest BCUT2D eigenvalue weighted by molar-refractivity contribution is 0.0985. The summed E-state index contributed by atoms with van der Waals surface area (Å²) in [6, 6.07) is 12.8. The number of nitrogens with zero attached hydrogens (tertiary/aromatic N) is 5. The molecular formula is C33H35ClN6O3. The normalized spacial score (nSPS) is 12.9. The molecule has 1 aliphatic rings. The second-order valence-electron chi connectivity index (χ2n) is 10.9. The summed E-state index contributed by atoms with van der Waals surface area (Å²) in [5, 5.41) is 3.35. The predicted octanol–water partition coefficient (Wildman–Crippen LogP) is 6.00. The first-order valence-electron chi connectivity index (χ1n) is 13.9. The van der Waals surface area contributed by atoms with E-state index in [0.29, 0.717) is 34.5 Å². The number of carbonyl (C=O) groups is 2. The number of hydrogen-bond acceptors (Lipinski definition) is 6. The van der Waals surface area contributed by atoms with Crippen LogP contribution in [-0.4, -0.2) is 59.0 Å². The van der Waals surface area contributed by atoms with Gasteiger partial charge in [-0.05, 0) is 49.7 Å². The van der Waals surface area contributed by atoms with E-state index in [4.69, 9.17) is 16.3 Å². The van der Waals surface area contributed by atoms with E-state index < -0.39 is 0 Å². The van der Waals surface area contributed by atoms with Crippen molar-refractivity contribution in [2.75, 3.05) is 38.0 Å². The molecule has 0 aliphatic carbocycles. The largest absolute Gasteiger partial charge is 0.496 e. The third-order valence-electron chi connectivity index (χ3n) is 7.92. The van der Waals surface area contributed by atoms with Crippen LogP contribution in [-0.2, 0) is 20.0 Å². The fraction of sp³-hybridized carbons (Fsp3) is 0.273. The first kappa shape index (κ1) is 30.0. The Kier molecular flexibility index (Phi) is 8.39. The van der Waals surface area contributed by atoms with E-state index in [1.54, 1.807) is 37.4 Å². The number of hydrogen-bond donors (Lipinski definition) is 1. The molecule has 2 aromatic heterocycles. The maximum Gasteiger partial charge on any atom is 0.291 e. The molecular weight excluding hydrogens is 564 g/mol. The van der Waals surface area contributed by atoms with E-state index in [0.717, 1.165) is 52.2 Å². The number of anilines is 2. The van der Waals surface area contributed by atoms with Gasteiger partial charge in [0.15, 0.2) is 5.82 Å². The Balaban J connectivity index is 1.43. The van der Waals surface area contributed by atoms with Crippen LogP contribution in [0.25, 0.3) is 16.7 Å². The third kappa shape index (κ3) is 5.66. The average Bonchev–Trinajstić information content (AvgIpc) is 3.32. The topological polar surface area (TPSA) is 92.6 Å². The first-order valence-corrected chi connectivity index (χ1v) is 14.3. The van der Waals surface area contributed by atoms with Gasteiger partial charge in [0, 0.05) is 68.4 Å². The molecule has 9 nitrogen and oxygen atoms in total. The summed E-state index contributed by atoms with van der Waals surface area (Å²) < 4.78 is 7.34. The van der Waals surface area contributed by atoms with Gasteiger partial charge in [0.05, 0.1) is 23.5 Å². The Morgan fingerprint density at radius 3 is 2.58 bits per heavy atom. The van der Waals surface area contributed by atoms with Crippen molar-refractivity contribution in [1.82, 2.24) is 19.4 Å². The third-order valence-corrected chi connectivity index (χ3v) is 8.33. The van der Waals surface area contributed by atoms with Crippen LogP contribution in [0.1, 0.15) is 50.5 Å². The maximum atomic E-state index is 13.5. The molecule has 0 unspecified atom stereocenters. The van der Waals surface area contributed by atoms with Crippen molar-refractivity contribution in [3.8, 4) is 16.9 Å². The maximum absolute atomic E-state index is 13.5. The Hall–Kier alpha value is -4.47. The van der Waals surface area contributed by atoms with E-state index in [9.17, 15) is 9.59 Å². The minimum absolute atomic E-state index is 0.250. The van der Waals surface area contributed by atoms with E-state index in [1.165, 1.54) is 0 Å². The Bertz CT molecular complexity index is 1760. The van der Waals surface area contributed by atoms with Crippen LogP contribution < -0.4 is 15.0 Å². The number of carbonyl (C=O) groups excluding carboxylic acids is 2. The van der Waals surface area contributed by atoms with Gasteiger partial charge in [-0.1, -0.05) is 42.4 Å². The van der Waals surface area contributed by atoms with E-state index >= 15 is 0 Å². The molecule has 0 fully saturated rings. The number of imidazole rings is 1. The quantitative estimate of drug-likeness (QED) is 0.280. The Morgan fingerprint density at radius 2 is 1.86 bits per heavy atom. The lowest BCUT2D eigenvalue weighted by Gasteiger charge is -2.22. The molecule has 2 aromatic carbocycles. The highest BCUT2D eigenvalue weighted by atomic mass is 35.5. The van der Waals surface area contributed by atoms with Gasteiger partial charge < -0.3 is 24.4 Å². The van der Waals surface area contributed by atoms with Crippen LogP contribution in [0.2, 0.25) is 5.02 Å². The van der Waals surface area contributed by atoms with Crippen molar-refractivity contribution >= 4 is 40.4 Å². The number of allylic oxidation sites excluding steroid dienone is 1. The molecule has 3 heterocycles. The number of rotatable bonds is 7. The number of amides is 2. The molecule has 0 saturated carbocycles. The molecule has 0 atom stereocenters. The molecule has 0 bridgehead atoms. The number of benzene rings is 2. The fourth-order valence-corrected chi connectivity index (χ4v) is 5.75. The monoisotopic (exact) mass is 598 g/mol. The molecule has 222 valence electrons. The molecule has 43 heavy (non-hydrogen) atoms. The van der Waals surface area contributed by atoms with Crippen molar-refractivity contribution in [2.24, 2.45) is 7.05 Å². The van der Waals surface area contributed by atoms with E-state index in [2.05, 4.69) is 26.8 Å². The van der Waals surface area contributed by atoms with Gasteiger partial charge in [0.1, 0.15) is 11.4 Å². The standard InChI is InChI=1S/C33H35ClN6O3/c1-19(2)23-17-35-25(16-29(23)43-7)33(42)40(6)27-13-9-10-21(20(27)3)22-11-8-12-24(30(22)34)37-32(41)31-36-26-18-38(4)15-14-28(26)39(31)5/h8-13,16-17H,1,14-15,18H2,2-7H3,(H,37,41). The number of aromatic nitrogens is 3. The van der Waals surface area contributed by atoms with Crippen molar-refractivity contribution in [3.05, 3.63) is 94.3 Å². The van der Waals surface area contributed by atoms with Crippen LogP contribution in [0.5, 0.6) is 5.75 Å². The summed E-state index contributed by atoms with van der Waals surface area (Å²) in [6.45, 7) is 9.38. The molecule has 1 aliphatic heterocycles. The SMILES string of the molecule is C=C(C)c1cnc(C(=O)N(C)c2cccc(-c3cccc(NC(=O)c4nc5c(n4C)CCN(C)C5)c3Cl)c2C)cc1OC. The van der Waals surface area contributed by atoms with Gasteiger partial charge >= 0.3 is 0 Å². The van der Waals surface area contributed by atoms with Crippen LogP contribution >= 0.6 is 11.6 Å². The molecule has 5 rings (SSSR count). The molecule has 10 heteroatoms. The zero-order chi connectivity index (χ0) is 31.0. The van der Waals surface area contributed by atoms with Gasteiger partial charge in [0.2, 0.25) is 0 Å². The van der Waals surface area contributed by atoms with Gasteiger partial charge in [-0.15, -0.1) is 0 Å². The predicted molar refractivity (Wildman–Crippen MR) is 171 cm³/mol. The van der Waals surface area contributed by atoms with Crippen molar-refractivity contribution in [1.29, 1.82) is 0 Å². The van der Waals surface area contributed by atoms with E-state index in [1.807, 2.05) is 62.8 Å². The molecule has 0 saturated heterocycles. The Labute approximate surface area is 256 Å². The van der Waals surface area contributed by atoms with Gasteiger partial charge in [0.25, 0.3) is 11.8 Å². The lowest BCUT2D eigenvalue weighted by Crippen LogP contribution is -2.28. The van der Waals surface area contributed by atoms with Gasteiger partial charge in [-0.3, -0.25) is 14.6 Å². The highest BCUT2D eigenvalue weighted by Gasteiger charge is 2.25. The summed E-state index contributed by atoms with van der Waals surface area (Å²) in [5.74, 6) is 0.271. The molecule has 0 spiro atoms. The average molecular weight is 599 g/mol. The van der Waals surface area contributed by atoms with E-state index in [-0.39, 0.29) is 17.5 Å². The number of likely N-dealkylation sites (N-methyl/N-ethyl adjacent to an activating group) is 1. The minimum Gasteiger partial charge on any atom is -0.496 e. The number of halogens is 1. The summed E-state index contributed by atoms with van der Waals surface area (Å²) in [5.41, 5.74) is 7.37. The van der Waals surface area contributed by atoms with Crippen LogP contribution in [0.3, 0.4) is 0 Å². The minimum atomic E-state index is -0.324. The fourth-order valence-electron chi connectivity index (χ4n) is 5.48. The number of pyridine rings is 1. The van der Waals surface area contributed by atoms with Gasteiger partial charge in [-0.2, -0.15) is 0 Å². The number of fused-ring (bicyclic) bond motifs is 1. The summed E-state index contributed by atoms with van der Waals surface area (Å²) >= 11 is 6.91. The first-order chi connectivity index (χ1) is 20.5. The van der Waals surface area contributed by atoms with Crippen LogP contribution in [0, 0.1) is 6.92 Å². The zero-order valence-corrected chi connectivity index (χ0v) is 26.0. The molecule has 2 amide bonds. The van der Waals surface area contributed by atoms with Crippen molar-refractivity contribution < 1.29 is 14.3 Å². The van der Waals surface area contributed by atoms with Crippen LogP contribution in [0.4, 0.5) is 11.4 Å². The summed E-state index contributed by atoms with van der Waals surface area (Å²) in [4.78, 5) is 39.6. The molecule has 4 aromatic rings. The van der Waals surface area contributed by atoms with Crippen molar-refractivity contribution in [2.45, 2.75) is 26.8 Å². The second-order valence-corrected chi connectivity index (χ2v) is 11.2. The number of ether oxygens (including phenoxy) is 1. The summed E-state index contributed by atoms with van der Waals surface area (Å²) in [6.07, 6.45) is 2.44. The lowest BCUT2D eigenvalue weighted by atomic mass is 9.98. The second kappa shape index (κ2) is 12.0. The Morgan fingerprint density at radius 1 is 1.14 bits per heavy atom. The van der Waals surface area contributed by atoms with Gasteiger partial charge in [-0.25, -0.2) is 4.98 Å². The zero-order valence-electron chi connectivity index (χ0n) is 25.3. The number of methoxy groups -OCH3 is 1. The number of nitrogens with one attached hydrogen (secondary N) is 1. The molecule has 1 N–H and O–H groups in total. The smallest absolute Gasteiger partial charge is 0.291 e.